The van der Waals surface area contributed by atoms with E-state index in [1.807, 2.05) is 36.4 Å². The van der Waals surface area contributed by atoms with Gasteiger partial charge in [0.25, 0.3) is 11.8 Å². The van der Waals surface area contributed by atoms with Crippen LogP contribution in [0.3, 0.4) is 0 Å². The molecule has 4 rings (SSSR count). The molecule has 1 aliphatic rings. The summed E-state index contributed by atoms with van der Waals surface area (Å²) < 4.78 is 5.40. The largest absolute Gasteiger partial charge is 0.496 e. The maximum Gasteiger partial charge on any atom is 0.261 e. The first-order chi connectivity index (χ1) is 11.7. The highest BCUT2D eigenvalue weighted by Gasteiger charge is 2.35. The third-order valence-corrected chi connectivity index (χ3v) is 4.40. The zero-order chi connectivity index (χ0) is 16.7. The summed E-state index contributed by atoms with van der Waals surface area (Å²) in [5.41, 5.74) is 1.86. The van der Waals surface area contributed by atoms with Gasteiger partial charge in [-0.3, -0.25) is 14.5 Å². The van der Waals surface area contributed by atoms with E-state index in [2.05, 4.69) is 0 Å². The lowest BCUT2D eigenvalue weighted by atomic mass is 10.0. The molecule has 1 aliphatic heterocycles. The van der Waals surface area contributed by atoms with Crippen LogP contribution in [0.15, 0.2) is 60.7 Å². The summed E-state index contributed by atoms with van der Waals surface area (Å²) >= 11 is 0. The topological polar surface area (TPSA) is 46.6 Å². The van der Waals surface area contributed by atoms with E-state index in [1.165, 1.54) is 4.90 Å². The highest BCUT2D eigenvalue weighted by atomic mass is 16.5. The quantitative estimate of drug-likeness (QED) is 0.693. The number of carbonyl (C=O) groups is 2. The van der Waals surface area contributed by atoms with Crippen LogP contribution < -0.4 is 4.74 Å². The fourth-order valence-electron chi connectivity index (χ4n) is 3.20. The molecule has 4 nitrogen and oxygen atoms in total. The Morgan fingerprint density at radius 3 is 2.00 bits per heavy atom. The van der Waals surface area contributed by atoms with Crippen molar-refractivity contribution in [1.82, 2.24) is 4.90 Å². The van der Waals surface area contributed by atoms with Crippen LogP contribution in [0.25, 0.3) is 10.8 Å². The maximum atomic E-state index is 12.6. The van der Waals surface area contributed by atoms with Gasteiger partial charge < -0.3 is 4.74 Å². The van der Waals surface area contributed by atoms with Crippen molar-refractivity contribution in [2.75, 3.05) is 7.11 Å². The number of hydrogen-bond acceptors (Lipinski definition) is 3. The number of carbonyl (C=O) groups excluding carboxylic acids is 2. The minimum absolute atomic E-state index is 0.240. The molecule has 0 N–H and O–H groups in total. The lowest BCUT2D eigenvalue weighted by Crippen LogP contribution is -2.29. The summed E-state index contributed by atoms with van der Waals surface area (Å²) in [6.07, 6.45) is 0. The van der Waals surface area contributed by atoms with Crippen LogP contribution in [0.1, 0.15) is 26.3 Å². The van der Waals surface area contributed by atoms with Crippen molar-refractivity contribution in [2.24, 2.45) is 0 Å². The van der Waals surface area contributed by atoms with E-state index in [4.69, 9.17) is 4.74 Å². The Labute approximate surface area is 139 Å². The molecule has 1 heterocycles. The zero-order valence-electron chi connectivity index (χ0n) is 13.2. The Morgan fingerprint density at radius 2 is 1.38 bits per heavy atom. The molecule has 2 amide bonds. The molecule has 24 heavy (non-hydrogen) atoms. The van der Waals surface area contributed by atoms with Gasteiger partial charge in [-0.15, -0.1) is 0 Å². The van der Waals surface area contributed by atoms with Crippen molar-refractivity contribution in [3.63, 3.8) is 0 Å². The van der Waals surface area contributed by atoms with Crippen molar-refractivity contribution in [3.8, 4) is 5.75 Å². The molecule has 3 aromatic rings. The standard InChI is InChI=1S/C20H15NO3/c1-24-18-11-10-13(14-6-2-3-7-15(14)18)12-21-19(22)16-8-4-5-9-17(16)20(21)23/h2-11H,12H2,1H3. The highest BCUT2D eigenvalue weighted by Crippen LogP contribution is 2.31. The lowest BCUT2D eigenvalue weighted by molar-refractivity contribution is 0.0643. The minimum atomic E-state index is -0.240. The summed E-state index contributed by atoms with van der Waals surface area (Å²) in [5, 5.41) is 1.95. The number of methoxy groups -OCH3 is 1. The van der Waals surface area contributed by atoms with E-state index < -0.39 is 0 Å². The molecule has 0 fully saturated rings. The Hall–Kier alpha value is -3.14. The van der Waals surface area contributed by atoms with Gasteiger partial charge >= 0.3 is 0 Å². The molecule has 0 saturated carbocycles. The maximum absolute atomic E-state index is 12.6. The Morgan fingerprint density at radius 1 is 0.792 bits per heavy atom. The van der Waals surface area contributed by atoms with Crippen molar-refractivity contribution in [2.45, 2.75) is 6.54 Å². The van der Waals surface area contributed by atoms with Crippen molar-refractivity contribution >= 4 is 22.6 Å². The molecular weight excluding hydrogens is 302 g/mol. The number of ether oxygens (including phenoxy) is 1. The average Bonchev–Trinajstić information content (AvgIpc) is 2.87. The third kappa shape index (κ3) is 2.07. The number of amides is 2. The summed E-state index contributed by atoms with van der Waals surface area (Å²) in [6.45, 7) is 0.247. The van der Waals surface area contributed by atoms with E-state index in [0.29, 0.717) is 11.1 Å². The summed E-state index contributed by atoms with van der Waals surface area (Å²) in [4.78, 5) is 26.4. The normalized spacial score (nSPS) is 13.5. The van der Waals surface area contributed by atoms with Gasteiger partial charge in [0.2, 0.25) is 0 Å². The molecule has 0 atom stereocenters. The Bertz CT molecular complexity index is 943. The van der Waals surface area contributed by atoms with Gasteiger partial charge in [0.05, 0.1) is 24.8 Å². The molecule has 4 heteroatoms. The first-order valence-electron chi connectivity index (χ1n) is 7.70. The number of benzene rings is 3. The van der Waals surface area contributed by atoms with Crippen molar-refractivity contribution in [3.05, 3.63) is 77.4 Å². The van der Waals surface area contributed by atoms with Crippen LogP contribution in [0.2, 0.25) is 0 Å². The zero-order valence-corrected chi connectivity index (χ0v) is 13.2. The van der Waals surface area contributed by atoms with E-state index in [0.717, 1.165) is 22.1 Å². The van der Waals surface area contributed by atoms with Crippen LogP contribution in [0.5, 0.6) is 5.75 Å². The lowest BCUT2D eigenvalue weighted by Gasteiger charge is -2.16. The molecule has 118 valence electrons. The van der Waals surface area contributed by atoms with E-state index in [1.54, 1.807) is 31.4 Å². The summed E-state index contributed by atoms with van der Waals surface area (Å²) in [5.74, 6) is 0.294. The monoisotopic (exact) mass is 317 g/mol. The first-order valence-corrected chi connectivity index (χ1v) is 7.70. The van der Waals surface area contributed by atoms with Gasteiger partial charge in [0, 0.05) is 5.39 Å². The molecular formula is C20H15NO3. The molecule has 0 unspecified atom stereocenters. The van der Waals surface area contributed by atoms with Gasteiger partial charge in [-0.1, -0.05) is 42.5 Å². The smallest absolute Gasteiger partial charge is 0.261 e. The number of nitrogens with zero attached hydrogens (tertiary/aromatic N) is 1. The second-order valence-corrected chi connectivity index (χ2v) is 5.71. The van der Waals surface area contributed by atoms with E-state index >= 15 is 0 Å². The molecule has 0 radical (unpaired) electrons. The van der Waals surface area contributed by atoms with Gasteiger partial charge in [-0.2, -0.15) is 0 Å². The van der Waals surface area contributed by atoms with Gasteiger partial charge in [0.15, 0.2) is 0 Å². The van der Waals surface area contributed by atoms with Crippen molar-refractivity contribution in [1.29, 1.82) is 0 Å². The third-order valence-electron chi connectivity index (χ3n) is 4.40. The fraction of sp³-hybridized carbons (Fsp3) is 0.100. The molecule has 0 saturated heterocycles. The minimum Gasteiger partial charge on any atom is -0.496 e. The first kappa shape index (κ1) is 14.5. The van der Waals surface area contributed by atoms with Crippen LogP contribution in [-0.2, 0) is 6.54 Å². The second kappa shape index (κ2) is 5.49. The summed E-state index contributed by atoms with van der Waals surface area (Å²) in [6, 6.07) is 18.5. The van der Waals surface area contributed by atoms with Crippen molar-refractivity contribution < 1.29 is 14.3 Å². The summed E-state index contributed by atoms with van der Waals surface area (Å²) in [7, 11) is 1.63. The van der Waals surface area contributed by atoms with E-state index in [-0.39, 0.29) is 18.4 Å². The molecule has 0 bridgehead atoms. The number of rotatable bonds is 3. The van der Waals surface area contributed by atoms with E-state index in [9.17, 15) is 9.59 Å². The Balaban J connectivity index is 1.76. The Kier molecular flexibility index (Phi) is 3.31. The predicted octanol–water partition coefficient (Wildman–Crippen LogP) is 3.64. The number of fused-ring (bicyclic) bond motifs is 2. The van der Waals surface area contributed by atoms with Gasteiger partial charge in [-0.05, 0) is 29.1 Å². The molecule has 0 spiro atoms. The molecule has 0 aliphatic carbocycles. The number of imide groups is 1. The van der Waals surface area contributed by atoms with Crippen LogP contribution in [0.4, 0.5) is 0 Å². The number of hydrogen-bond donors (Lipinski definition) is 0. The second-order valence-electron chi connectivity index (χ2n) is 5.71. The average molecular weight is 317 g/mol. The SMILES string of the molecule is COc1ccc(CN2C(=O)c3ccccc3C2=O)c2ccccc12. The van der Waals surface area contributed by atoms with Gasteiger partial charge in [-0.25, -0.2) is 0 Å². The van der Waals surface area contributed by atoms with Gasteiger partial charge in [0.1, 0.15) is 5.75 Å². The predicted molar refractivity (Wildman–Crippen MR) is 91.1 cm³/mol. The highest BCUT2D eigenvalue weighted by molar-refractivity contribution is 6.21. The van der Waals surface area contributed by atoms with Crippen LogP contribution >= 0.6 is 0 Å². The fourth-order valence-corrected chi connectivity index (χ4v) is 3.20. The van der Waals surface area contributed by atoms with Crippen LogP contribution in [0, 0.1) is 0 Å². The molecule has 3 aromatic carbocycles. The van der Waals surface area contributed by atoms with Crippen LogP contribution in [-0.4, -0.2) is 23.8 Å². The molecule has 0 aromatic heterocycles.